The third kappa shape index (κ3) is 3.21. The van der Waals surface area contributed by atoms with Gasteiger partial charge in [-0.3, -0.25) is 0 Å². The molecule has 0 spiro atoms. The van der Waals surface area contributed by atoms with Gasteiger partial charge in [0.25, 0.3) is 0 Å². The molecule has 1 atom stereocenters. The average Bonchev–Trinajstić information content (AvgIpc) is 2.27. The van der Waals surface area contributed by atoms with Crippen LogP contribution < -0.4 is 5.32 Å². The van der Waals surface area contributed by atoms with Crippen molar-refractivity contribution in [2.24, 2.45) is 5.92 Å². The molecule has 1 N–H and O–H groups in total. The molecule has 0 aliphatic heterocycles. The fraction of sp³-hybridized carbons (Fsp3) is 1.00. The Morgan fingerprint density at radius 3 is 2.50 bits per heavy atom. The second kappa shape index (κ2) is 6.02. The van der Waals surface area contributed by atoms with Crippen LogP contribution in [-0.4, -0.2) is 24.8 Å². The highest BCUT2D eigenvalue weighted by Gasteiger charge is 2.31. The topological polar surface area (TPSA) is 21.3 Å². The Morgan fingerprint density at radius 1 is 1.19 bits per heavy atom. The summed E-state index contributed by atoms with van der Waals surface area (Å²) >= 11 is 0. The maximum atomic E-state index is 5.60. The monoisotopic (exact) mass is 225 g/mol. The van der Waals surface area contributed by atoms with Gasteiger partial charge < -0.3 is 10.1 Å². The van der Waals surface area contributed by atoms with Crippen molar-refractivity contribution in [2.45, 2.75) is 77.0 Å². The summed E-state index contributed by atoms with van der Waals surface area (Å²) in [6.45, 7) is 5.34. The van der Waals surface area contributed by atoms with Crippen LogP contribution in [0, 0.1) is 5.92 Å². The van der Waals surface area contributed by atoms with Gasteiger partial charge in [-0.1, -0.05) is 19.3 Å². The molecule has 0 amide bonds. The Kier molecular flexibility index (Phi) is 4.66. The molecule has 1 unspecified atom stereocenters. The van der Waals surface area contributed by atoms with Gasteiger partial charge in [0.2, 0.25) is 0 Å². The van der Waals surface area contributed by atoms with Crippen LogP contribution >= 0.6 is 0 Å². The normalized spacial score (nSPS) is 33.4. The van der Waals surface area contributed by atoms with Crippen LogP contribution in [0.3, 0.4) is 0 Å². The van der Waals surface area contributed by atoms with Crippen LogP contribution in [0.5, 0.6) is 0 Å². The number of rotatable bonds is 5. The molecular formula is C14H27NO. The maximum Gasteiger partial charge on any atom is 0.0604 e. The molecule has 94 valence electrons. The lowest BCUT2D eigenvalue weighted by Crippen LogP contribution is -2.50. The van der Waals surface area contributed by atoms with Crippen molar-refractivity contribution in [1.29, 1.82) is 0 Å². The third-order valence-electron chi connectivity index (χ3n) is 4.35. The summed E-state index contributed by atoms with van der Waals surface area (Å²) in [6.07, 6.45) is 10.2. The molecule has 2 aliphatic carbocycles. The van der Waals surface area contributed by atoms with E-state index in [1.807, 2.05) is 0 Å². The molecule has 0 aromatic carbocycles. The van der Waals surface area contributed by atoms with E-state index in [1.165, 1.54) is 44.9 Å². The van der Waals surface area contributed by atoms with Gasteiger partial charge in [0.15, 0.2) is 0 Å². The van der Waals surface area contributed by atoms with E-state index in [-0.39, 0.29) is 0 Å². The third-order valence-corrected chi connectivity index (χ3v) is 4.35. The highest BCUT2D eigenvalue weighted by molar-refractivity contribution is 4.89. The molecule has 0 saturated heterocycles. The summed E-state index contributed by atoms with van der Waals surface area (Å²) < 4.78 is 5.60. The fourth-order valence-electron chi connectivity index (χ4n) is 3.22. The van der Waals surface area contributed by atoms with Gasteiger partial charge >= 0.3 is 0 Å². The van der Waals surface area contributed by atoms with Crippen molar-refractivity contribution in [1.82, 2.24) is 5.32 Å². The van der Waals surface area contributed by atoms with Crippen LogP contribution in [0.4, 0.5) is 0 Å². The number of hydrogen-bond acceptors (Lipinski definition) is 2. The smallest absolute Gasteiger partial charge is 0.0604 e. The first-order chi connectivity index (χ1) is 7.79. The van der Waals surface area contributed by atoms with Gasteiger partial charge in [-0.15, -0.1) is 0 Å². The van der Waals surface area contributed by atoms with Gasteiger partial charge in [0.05, 0.1) is 6.10 Å². The molecule has 2 nitrogen and oxygen atoms in total. The second-order valence-electron chi connectivity index (χ2n) is 5.60. The molecular weight excluding hydrogens is 198 g/mol. The van der Waals surface area contributed by atoms with Crippen molar-refractivity contribution in [3.63, 3.8) is 0 Å². The lowest BCUT2D eigenvalue weighted by atomic mass is 9.82. The van der Waals surface area contributed by atoms with E-state index >= 15 is 0 Å². The Labute approximate surface area is 100 Å². The predicted molar refractivity (Wildman–Crippen MR) is 67.6 cm³/mol. The predicted octanol–water partition coefficient (Wildman–Crippen LogP) is 3.11. The fourth-order valence-corrected chi connectivity index (χ4v) is 3.22. The zero-order valence-corrected chi connectivity index (χ0v) is 10.9. The van der Waals surface area contributed by atoms with E-state index in [0.717, 1.165) is 18.6 Å². The molecule has 2 aliphatic rings. The van der Waals surface area contributed by atoms with Gasteiger partial charge in [0.1, 0.15) is 0 Å². The number of nitrogens with one attached hydrogen (secondary N) is 1. The molecule has 16 heavy (non-hydrogen) atoms. The van der Waals surface area contributed by atoms with Gasteiger partial charge in [0, 0.05) is 18.7 Å². The van der Waals surface area contributed by atoms with Crippen molar-refractivity contribution >= 4 is 0 Å². The molecule has 0 heterocycles. The molecule has 0 aromatic rings. The Morgan fingerprint density at radius 2 is 1.88 bits per heavy atom. The SMILES string of the molecule is CCOC1CC(NC(C)C2CCCCC2)C1. The molecule has 2 fully saturated rings. The summed E-state index contributed by atoms with van der Waals surface area (Å²) in [5.74, 6) is 0.930. The Balaban J connectivity index is 1.62. The standard InChI is InChI=1S/C14H27NO/c1-3-16-14-9-13(10-14)15-11(2)12-7-5-4-6-8-12/h11-15H,3-10H2,1-2H3. The van der Waals surface area contributed by atoms with E-state index in [0.29, 0.717) is 12.1 Å². The highest BCUT2D eigenvalue weighted by Crippen LogP contribution is 2.29. The molecule has 2 heteroatoms. The maximum absolute atomic E-state index is 5.60. The molecule has 0 bridgehead atoms. The van der Waals surface area contributed by atoms with Crippen LogP contribution in [-0.2, 0) is 4.74 Å². The van der Waals surface area contributed by atoms with Crippen LogP contribution in [0.1, 0.15) is 58.8 Å². The average molecular weight is 225 g/mol. The summed E-state index contributed by atoms with van der Waals surface area (Å²) in [4.78, 5) is 0. The largest absolute Gasteiger partial charge is 0.378 e. The minimum absolute atomic E-state index is 0.543. The van der Waals surface area contributed by atoms with Crippen LogP contribution in [0.2, 0.25) is 0 Å². The summed E-state index contributed by atoms with van der Waals surface area (Å²) in [5, 5.41) is 3.79. The van der Waals surface area contributed by atoms with E-state index in [1.54, 1.807) is 0 Å². The number of hydrogen-bond donors (Lipinski definition) is 1. The van der Waals surface area contributed by atoms with Gasteiger partial charge in [-0.25, -0.2) is 0 Å². The van der Waals surface area contributed by atoms with Gasteiger partial charge in [-0.05, 0) is 45.4 Å². The van der Waals surface area contributed by atoms with E-state index in [4.69, 9.17) is 4.74 Å². The first-order valence-corrected chi connectivity index (χ1v) is 7.17. The van der Waals surface area contributed by atoms with Gasteiger partial charge in [-0.2, -0.15) is 0 Å². The summed E-state index contributed by atoms with van der Waals surface area (Å²) in [5.41, 5.74) is 0. The molecule has 2 saturated carbocycles. The first kappa shape index (κ1) is 12.4. The molecule has 0 aromatic heterocycles. The lowest BCUT2D eigenvalue weighted by molar-refractivity contribution is -0.0140. The molecule has 2 rings (SSSR count). The van der Waals surface area contributed by atoms with E-state index in [9.17, 15) is 0 Å². The van der Waals surface area contributed by atoms with Crippen molar-refractivity contribution in [3.8, 4) is 0 Å². The van der Waals surface area contributed by atoms with Crippen LogP contribution in [0.15, 0.2) is 0 Å². The Hall–Kier alpha value is -0.0800. The second-order valence-corrected chi connectivity index (χ2v) is 5.60. The first-order valence-electron chi connectivity index (χ1n) is 7.17. The number of ether oxygens (including phenoxy) is 1. The van der Waals surface area contributed by atoms with E-state index < -0.39 is 0 Å². The summed E-state index contributed by atoms with van der Waals surface area (Å²) in [6, 6.07) is 1.45. The molecule has 0 radical (unpaired) electrons. The Bertz CT molecular complexity index is 195. The summed E-state index contributed by atoms with van der Waals surface area (Å²) in [7, 11) is 0. The lowest BCUT2D eigenvalue weighted by Gasteiger charge is -2.39. The zero-order valence-electron chi connectivity index (χ0n) is 10.9. The highest BCUT2D eigenvalue weighted by atomic mass is 16.5. The van der Waals surface area contributed by atoms with Crippen molar-refractivity contribution in [2.75, 3.05) is 6.61 Å². The quantitative estimate of drug-likeness (QED) is 0.776. The zero-order chi connectivity index (χ0) is 11.4. The van der Waals surface area contributed by atoms with Crippen molar-refractivity contribution in [3.05, 3.63) is 0 Å². The van der Waals surface area contributed by atoms with E-state index in [2.05, 4.69) is 19.2 Å². The minimum atomic E-state index is 0.543. The minimum Gasteiger partial charge on any atom is -0.378 e. The van der Waals surface area contributed by atoms with Crippen molar-refractivity contribution < 1.29 is 4.74 Å². The van der Waals surface area contributed by atoms with Crippen LogP contribution in [0.25, 0.3) is 0 Å².